The van der Waals surface area contributed by atoms with E-state index in [2.05, 4.69) is 6.92 Å². The van der Waals surface area contributed by atoms with Crippen molar-refractivity contribution < 1.29 is 14.3 Å². The van der Waals surface area contributed by atoms with Crippen LogP contribution in [0.3, 0.4) is 0 Å². The minimum atomic E-state index is -0.466. The Balaban J connectivity index is 2.78. The van der Waals surface area contributed by atoms with Gasteiger partial charge in [-0.15, -0.1) is 0 Å². The van der Waals surface area contributed by atoms with Crippen molar-refractivity contribution in [1.82, 2.24) is 4.90 Å². The molecule has 0 aromatic carbocycles. The lowest BCUT2D eigenvalue weighted by Crippen LogP contribution is -2.39. The number of hydrogen-bond donors (Lipinski definition) is 0. The summed E-state index contributed by atoms with van der Waals surface area (Å²) in [4.78, 5) is 24.8. The molecule has 90 valence electrons. The molecule has 0 aromatic rings. The molecule has 1 heterocycles. The minimum absolute atomic E-state index is 0.000648. The van der Waals surface area contributed by atoms with Gasteiger partial charge in [-0.1, -0.05) is 20.3 Å². The normalized spacial score (nSPS) is 17.3. The molecule has 0 fully saturated rings. The summed E-state index contributed by atoms with van der Waals surface area (Å²) in [6, 6.07) is -0.466. The maximum atomic E-state index is 11.7. The molecule has 0 aromatic heterocycles. The fourth-order valence-electron chi connectivity index (χ4n) is 1.95. The highest BCUT2D eigenvalue weighted by molar-refractivity contribution is 5.88. The molecule has 0 aliphatic carbocycles. The Morgan fingerprint density at radius 1 is 1.56 bits per heavy atom. The molecule has 0 bridgehead atoms. The molecule has 0 N–H and O–H groups in total. The van der Waals surface area contributed by atoms with Crippen LogP contribution in [0.1, 0.15) is 39.5 Å². The van der Waals surface area contributed by atoms with Crippen molar-refractivity contribution in [2.24, 2.45) is 0 Å². The van der Waals surface area contributed by atoms with Crippen molar-refractivity contribution in [2.45, 2.75) is 45.6 Å². The van der Waals surface area contributed by atoms with Crippen LogP contribution in [0.5, 0.6) is 0 Å². The highest BCUT2D eigenvalue weighted by Crippen LogP contribution is 2.23. The van der Waals surface area contributed by atoms with Gasteiger partial charge in [-0.2, -0.15) is 0 Å². The minimum Gasteiger partial charge on any atom is -0.467 e. The van der Waals surface area contributed by atoms with Crippen molar-refractivity contribution in [3.63, 3.8) is 0 Å². The molecule has 1 aliphatic heterocycles. The molecule has 4 heteroatoms. The third-order valence-corrected chi connectivity index (χ3v) is 2.75. The van der Waals surface area contributed by atoms with Crippen LogP contribution >= 0.6 is 0 Å². The Labute approximate surface area is 96.3 Å². The first-order valence-corrected chi connectivity index (χ1v) is 5.72. The molecule has 1 atom stereocenters. The summed E-state index contributed by atoms with van der Waals surface area (Å²) in [6.07, 6.45) is 4.77. The summed E-state index contributed by atoms with van der Waals surface area (Å²) in [5, 5.41) is 0. The summed E-state index contributed by atoms with van der Waals surface area (Å²) >= 11 is 0. The summed E-state index contributed by atoms with van der Waals surface area (Å²) in [7, 11) is 1.35. The summed E-state index contributed by atoms with van der Waals surface area (Å²) in [6.45, 7) is 3.95. The van der Waals surface area contributed by atoms with Crippen LogP contribution in [-0.2, 0) is 14.3 Å². The average molecular weight is 225 g/mol. The van der Waals surface area contributed by atoms with Gasteiger partial charge in [0.05, 0.1) is 7.11 Å². The first kappa shape index (κ1) is 12.7. The smallest absolute Gasteiger partial charge is 0.328 e. The maximum Gasteiger partial charge on any atom is 0.328 e. The van der Waals surface area contributed by atoms with Crippen LogP contribution in [0.2, 0.25) is 0 Å². The predicted molar refractivity (Wildman–Crippen MR) is 60.5 cm³/mol. The quantitative estimate of drug-likeness (QED) is 0.671. The lowest BCUT2D eigenvalue weighted by Gasteiger charge is -2.22. The molecule has 1 aliphatic rings. The molecule has 1 amide bonds. The fourth-order valence-corrected chi connectivity index (χ4v) is 1.95. The van der Waals surface area contributed by atoms with Crippen molar-refractivity contribution in [1.29, 1.82) is 0 Å². The lowest BCUT2D eigenvalue weighted by molar-refractivity contribution is -0.150. The van der Waals surface area contributed by atoms with Gasteiger partial charge in [0.25, 0.3) is 0 Å². The van der Waals surface area contributed by atoms with Gasteiger partial charge in [0.1, 0.15) is 6.04 Å². The zero-order valence-electron chi connectivity index (χ0n) is 10.2. The molecular weight excluding hydrogens is 206 g/mol. The largest absolute Gasteiger partial charge is 0.467 e. The number of ether oxygens (including phenoxy) is 1. The van der Waals surface area contributed by atoms with E-state index in [-0.39, 0.29) is 11.9 Å². The molecule has 0 radical (unpaired) electrons. The second-order valence-corrected chi connectivity index (χ2v) is 3.96. The molecule has 0 saturated heterocycles. The monoisotopic (exact) mass is 225 g/mol. The molecule has 1 unspecified atom stereocenters. The van der Waals surface area contributed by atoms with Gasteiger partial charge in [-0.05, 0) is 18.4 Å². The van der Waals surface area contributed by atoms with Crippen LogP contribution in [-0.4, -0.2) is 29.9 Å². The van der Waals surface area contributed by atoms with Crippen LogP contribution in [0, 0.1) is 0 Å². The second-order valence-electron chi connectivity index (χ2n) is 3.96. The summed E-state index contributed by atoms with van der Waals surface area (Å²) < 4.78 is 4.70. The third-order valence-electron chi connectivity index (χ3n) is 2.75. The van der Waals surface area contributed by atoms with Crippen LogP contribution in [0.25, 0.3) is 0 Å². The summed E-state index contributed by atoms with van der Waals surface area (Å²) in [5.74, 6) is -0.342. The van der Waals surface area contributed by atoms with Crippen LogP contribution < -0.4 is 0 Å². The predicted octanol–water partition coefficient (Wildman–Crippen LogP) is 1.85. The Bertz CT molecular complexity index is 309. The first-order chi connectivity index (χ1) is 7.63. The highest BCUT2D eigenvalue weighted by atomic mass is 16.5. The first-order valence-electron chi connectivity index (χ1n) is 5.72. The molecule has 1 rings (SSSR count). The Hall–Kier alpha value is -1.32. The number of carbonyl (C=O) groups excluding carboxylic acids is 2. The van der Waals surface area contributed by atoms with E-state index in [0.29, 0.717) is 12.8 Å². The van der Waals surface area contributed by atoms with Crippen LogP contribution in [0.4, 0.5) is 0 Å². The lowest BCUT2D eigenvalue weighted by atomic mass is 10.1. The van der Waals surface area contributed by atoms with E-state index < -0.39 is 6.04 Å². The number of carbonyl (C=O) groups is 2. The van der Waals surface area contributed by atoms with E-state index in [1.165, 1.54) is 12.0 Å². The molecule has 16 heavy (non-hydrogen) atoms. The van der Waals surface area contributed by atoms with Crippen molar-refractivity contribution in [3.05, 3.63) is 11.8 Å². The molecule has 4 nitrogen and oxygen atoms in total. The number of rotatable bonds is 5. The maximum absolute atomic E-state index is 11.7. The van der Waals surface area contributed by atoms with Crippen LogP contribution in [0.15, 0.2) is 11.8 Å². The van der Waals surface area contributed by atoms with E-state index >= 15 is 0 Å². The van der Waals surface area contributed by atoms with Crippen molar-refractivity contribution >= 4 is 11.9 Å². The van der Waals surface area contributed by atoms with Gasteiger partial charge in [-0.25, -0.2) is 4.79 Å². The van der Waals surface area contributed by atoms with E-state index in [1.807, 2.05) is 13.1 Å². The zero-order valence-corrected chi connectivity index (χ0v) is 10.2. The number of amides is 1. The number of methoxy groups -OCH3 is 1. The standard InChI is InChI=1S/C12H19NO3/c1-4-6-9-7-11(14)13(8-9)10(5-2)12(15)16-3/h8,10H,4-7H2,1-3H3. The number of hydrogen-bond acceptors (Lipinski definition) is 3. The molecular formula is C12H19NO3. The van der Waals surface area contributed by atoms with Gasteiger partial charge >= 0.3 is 5.97 Å². The van der Waals surface area contributed by atoms with Crippen molar-refractivity contribution in [3.8, 4) is 0 Å². The topological polar surface area (TPSA) is 46.6 Å². The van der Waals surface area contributed by atoms with E-state index in [9.17, 15) is 9.59 Å². The Morgan fingerprint density at radius 2 is 2.25 bits per heavy atom. The average Bonchev–Trinajstić information content (AvgIpc) is 2.61. The third kappa shape index (κ3) is 2.62. The number of esters is 1. The summed E-state index contributed by atoms with van der Waals surface area (Å²) in [5.41, 5.74) is 1.11. The number of nitrogens with zero attached hydrogens (tertiary/aromatic N) is 1. The van der Waals surface area contributed by atoms with E-state index in [4.69, 9.17) is 4.74 Å². The second kappa shape index (κ2) is 5.68. The van der Waals surface area contributed by atoms with Gasteiger partial charge in [0, 0.05) is 12.6 Å². The highest BCUT2D eigenvalue weighted by Gasteiger charge is 2.31. The fraction of sp³-hybridized carbons (Fsp3) is 0.667. The van der Waals surface area contributed by atoms with Gasteiger partial charge in [0.15, 0.2) is 0 Å². The van der Waals surface area contributed by atoms with E-state index in [1.54, 1.807) is 0 Å². The molecule has 0 spiro atoms. The van der Waals surface area contributed by atoms with Gasteiger partial charge in [0.2, 0.25) is 5.91 Å². The zero-order chi connectivity index (χ0) is 12.1. The van der Waals surface area contributed by atoms with E-state index in [0.717, 1.165) is 18.4 Å². The SMILES string of the molecule is CCCC1=CN(C(CC)C(=O)OC)C(=O)C1. The Kier molecular flexibility index (Phi) is 4.52. The van der Waals surface area contributed by atoms with Gasteiger partial charge < -0.3 is 9.64 Å². The van der Waals surface area contributed by atoms with Crippen molar-refractivity contribution in [2.75, 3.05) is 7.11 Å². The molecule has 0 saturated carbocycles. The van der Waals surface area contributed by atoms with Gasteiger partial charge in [-0.3, -0.25) is 4.79 Å². The Morgan fingerprint density at radius 3 is 2.75 bits per heavy atom.